The molecule has 1 amide bonds. The molecule has 0 spiro atoms. The molecule has 8 aliphatic rings. The van der Waals surface area contributed by atoms with Gasteiger partial charge in [0.25, 0.3) is 0 Å². The number of esters is 1. The minimum Gasteiger partial charge on any atom is -0.481 e. The van der Waals surface area contributed by atoms with E-state index in [1.165, 1.54) is 90.1 Å². The van der Waals surface area contributed by atoms with Crippen molar-refractivity contribution in [1.29, 1.82) is 0 Å². The molecule has 6 saturated carbocycles. The lowest BCUT2D eigenvalue weighted by molar-refractivity contribution is -0.251. The van der Waals surface area contributed by atoms with Gasteiger partial charge in [-0.3, -0.25) is 14.4 Å². The average Bonchev–Trinajstić information content (AvgIpc) is 3.51. The number of amides is 1. The highest BCUT2D eigenvalue weighted by Crippen LogP contribution is 2.79. The van der Waals surface area contributed by atoms with Gasteiger partial charge < -0.3 is 19.6 Å². The summed E-state index contributed by atoms with van der Waals surface area (Å²) in [5.74, 6) is 3.23. The van der Waals surface area contributed by atoms with Gasteiger partial charge in [-0.15, -0.1) is 0 Å². The molecule has 2 saturated heterocycles. The van der Waals surface area contributed by atoms with Crippen molar-refractivity contribution >= 4 is 17.8 Å². The number of likely N-dealkylation sites (tertiary alicyclic amines) is 2. The molecule has 0 radical (unpaired) electrons. The number of piperidine rings is 1. The predicted octanol–water partition coefficient (Wildman–Crippen LogP) is 10.8. The van der Waals surface area contributed by atoms with Crippen molar-refractivity contribution in [3.05, 3.63) is 0 Å². The number of carbonyl (C=O) groups is 3. The quantitative estimate of drug-likeness (QED) is 0.222. The molecule has 7 nitrogen and oxygen atoms in total. The molecule has 7 heteroatoms. The molecular formula is C50H82N2O5. The Bertz CT molecular complexity index is 1560. The Kier molecular flexibility index (Phi) is 10.7. The zero-order valence-electron chi connectivity index (χ0n) is 37.9. The third kappa shape index (κ3) is 6.77. The van der Waals surface area contributed by atoms with Crippen LogP contribution in [0.3, 0.4) is 0 Å². The third-order valence-corrected chi connectivity index (χ3v) is 20.7. The highest BCUT2D eigenvalue weighted by molar-refractivity contribution is 5.84. The van der Waals surface area contributed by atoms with Crippen LogP contribution in [0.4, 0.5) is 0 Å². The van der Waals surface area contributed by atoms with Crippen LogP contribution >= 0.6 is 0 Å². The molecule has 0 aromatic heterocycles. The maximum Gasteiger partial charge on any atom is 0.306 e. The Morgan fingerprint density at radius 3 is 2.11 bits per heavy atom. The molecule has 2 aliphatic heterocycles. The third-order valence-electron chi connectivity index (χ3n) is 20.7. The fourth-order valence-electron chi connectivity index (χ4n) is 17.0. The smallest absolute Gasteiger partial charge is 0.306 e. The number of carboxylic acids is 1. The molecule has 1 N–H and O–H groups in total. The average molecular weight is 791 g/mol. The second-order valence-electron chi connectivity index (χ2n) is 24.3. The molecule has 2 heterocycles. The van der Waals surface area contributed by atoms with Gasteiger partial charge >= 0.3 is 11.9 Å². The summed E-state index contributed by atoms with van der Waals surface area (Å²) in [6.07, 6.45) is 20.5. The van der Waals surface area contributed by atoms with Crippen molar-refractivity contribution in [3.63, 3.8) is 0 Å². The van der Waals surface area contributed by atoms with E-state index in [-0.39, 0.29) is 52.0 Å². The topological polar surface area (TPSA) is 87.2 Å². The zero-order valence-corrected chi connectivity index (χ0v) is 37.9. The molecule has 8 rings (SSSR count). The number of carboxylic acid groups (broad SMARTS) is 1. The van der Waals surface area contributed by atoms with Gasteiger partial charge in [-0.1, -0.05) is 68.7 Å². The van der Waals surface area contributed by atoms with Gasteiger partial charge in [-0.05, 0) is 178 Å². The van der Waals surface area contributed by atoms with Crippen LogP contribution in [0.2, 0.25) is 0 Å². The number of ether oxygens (including phenoxy) is 1. The Balaban J connectivity index is 1.03. The second-order valence-corrected chi connectivity index (χ2v) is 24.3. The predicted molar refractivity (Wildman–Crippen MR) is 226 cm³/mol. The zero-order chi connectivity index (χ0) is 41.0. The first kappa shape index (κ1) is 42.1. The van der Waals surface area contributed by atoms with E-state index in [0.29, 0.717) is 47.0 Å². The van der Waals surface area contributed by atoms with Crippen LogP contribution in [0.5, 0.6) is 0 Å². The van der Waals surface area contributed by atoms with Crippen molar-refractivity contribution in [1.82, 2.24) is 9.80 Å². The minimum absolute atomic E-state index is 0.0377. The highest BCUT2D eigenvalue weighted by atomic mass is 16.5. The van der Waals surface area contributed by atoms with E-state index in [0.717, 1.165) is 51.1 Å². The molecule has 0 aromatic rings. The van der Waals surface area contributed by atoms with Crippen molar-refractivity contribution in [3.8, 4) is 0 Å². The molecule has 322 valence electrons. The van der Waals surface area contributed by atoms with Gasteiger partial charge in [0, 0.05) is 24.5 Å². The maximum atomic E-state index is 15.6. The first-order chi connectivity index (χ1) is 26.7. The largest absolute Gasteiger partial charge is 0.481 e. The first-order valence-electron chi connectivity index (χ1n) is 24.2. The molecule has 6 aliphatic carbocycles. The summed E-state index contributed by atoms with van der Waals surface area (Å²) in [6.45, 7) is 25.9. The number of hydrogen-bond acceptors (Lipinski definition) is 5. The van der Waals surface area contributed by atoms with Gasteiger partial charge in [0.15, 0.2) is 0 Å². The summed E-state index contributed by atoms with van der Waals surface area (Å²) in [5, 5.41) is 9.41. The summed E-state index contributed by atoms with van der Waals surface area (Å²) in [5.41, 5.74) is 0.0672. The van der Waals surface area contributed by atoms with E-state index in [2.05, 4.69) is 58.3 Å². The number of fused-ring (bicyclic) bond motifs is 7. The van der Waals surface area contributed by atoms with Gasteiger partial charge in [0.1, 0.15) is 6.10 Å². The monoisotopic (exact) mass is 791 g/mol. The Morgan fingerprint density at radius 1 is 0.719 bits per heavy atom. The molecule has 8 fully saturated rings. The van der Waals surface area contributed by atoms with Gasteiger partial charge in [0.2, 0.25) is 5.91 Å². The molecule has 11 atom stereocenters. The fraction of sp³-hybridized carbons (Fsp3) is 0.940. The number of rotatable bonds is 10. The van der Waals surface area contributed by atoms with Gasteiger partial charge in [-0.2, -0.15) is 0 Å². The lowest BCUT2D eigenvalue weighted by Gasteiger charge is -2.73. The van der Waals surface area contributed by atoms with E-state index in [9.17, 15) is 14.7 Å². The Morgan fingerprint density at radius 2 is 1.44 bits per heavy atom. The van der Waals surface area contributed by atoms with Crippen LogP contribution in [-0.2, 0) is 19.1 Å². The summed E-state index contributed by atoms with van der Waals surface area (Å²) >= 11 is 0. The van der Waals surface area contributed by atoms with E-state index < -0.39 is 11.4 Å². The van der Waals surface area contributed by atoms with Crippen LogP contribution < -0.4 is 0 Å². The maximum absolute atomic E-state index is 15.6. The Labute approximate surface area is 346 Å². The van der Waals surface area contributed by atoms with Crippen LogP contribution in [0, 0.1) is 73.4 Å². The van der Waals surface area contributed by atoms with Crippen LogP contribution in [-0.4, -0.2) is 71.1 Å². The molecular weight excluding hydrogens is 709 g/mol. The normalized spacial score (nSPS) is 44.0. The molecule has 0 bridgehead atoms. The number of nitrogens with zero attached hydrogens (tertiary/aromatic N) is 2. The summed E-state index contributed by atoms with van der Waals surface area (Å²) in [4.78, 5) is 45.6. The molecule has 57 heavy (non-hydrogen) atoms. The van der Waals surface area contributed by atoms with Crippen molar-refractivity contribution in [2.24, 2.45) is 73.4 Å². The van der Waals surface area contributed by atoms with Gasteiger partial charge in [-0.25, -0.2) is 0 Å². The summed E-state index contributed by atoms with van der Waals surface area (Å²) in [7, 11) is 0. The number of hydrogen-bond donors (Lipinski definition) is 1. The summed E-state index contributed by atoms with van der Waals surface area (Å²) in [6, 6.07) is 0.395. The van der Waals surface area contributed by atoms with E-state index in [4.69, 9.17) is 4.74 Å². The van der Waals surface area contributed by atoms with Gasteiger partial charge in [0.05, 0.1) is 18.3 Å². The van der Waals surface area contributed by atoms with E-state index in [1.807, 2.05) is 13.8 Å². The van der Waals surface area contributed by atoms with Crippen molar-refractivity contribution < 1.29 is 24.2 Å². The van der Waals surface area contributed by atoms with E-state index >= 15 is 4.79 Å². The second kappa shape index (κ2) is 14.5. The standard InChI is InChI=1S/C50H82N2O5/c1-10-33-18-28-51(29-19-33)32-34-12-11-27-52(34)43(56)50-22-15-35(46(6)23-24-46)42(50)36-13-14-38-47(7)20-17-39(57-41(55)31-44(2,3)30-40(53)54)45(4,5)37(47)16-21-49(38,9)48(36,8)25-26-50/h33-39,42H,10-32H2,1-9H3,(H,53,54)/t34-,35+,36+,37-,38+,39-,42+,47-,48+,49+,50-/m0/s1. The first-order valence-corrected chi connectivity index (χ1v) is 24.2. The minimum atomic E-state index is -0.871. The van der Waals surface area contributed by atoms with Crippen LogP contribution in [0.25, 0.3) is 0 Å². The molecule has 0 unspecified atom stereocenters. The van der Waals surface area contributed by atoms with Crippen molar-refractivity contribution in [2.75, 3.05) is 26.2 Å². The summed E-state index contributed by atoms with van der Waals surface area (Å²) < 4.78 is 6.35. The lowest BCUT2D eigenvalue weighted by Crippen LogP contribution is -2.68. The van der Waals surface area contributed by atoms with Crippen molar-refractivity contribution in [2.45, 2.75) is 196 Å². The SMILES string of the molecule is CCC1CCN(C[C@@H]2CCCN2C(=O)[C@]23CC[C@@H](C4(C)CC4)[C@@H]2[C@H]2CC[C@@H]4[C@@]5(C)CC[C@H](OC(=O)CC(C)(C)CC(=O)O)C(C)(C)[C@@H]5CC[C@@]4(C)[C@]2(C)CC3)CC1. The number of carbonyl (C=O) groups excluding carboxylic acids is 2. The van der Waals surface area contributed by atoms with Crippen LogP contribution in [0.15, 0.2) is 0 Å². The highest BCUT2D eigenvalue weighted by Gasteiger charge is 2.74. The fourth-order valence-corrected chi connectivity index (χ4v) is 17.0. The Hall–Kier alpha value is -1.63. The lowest BCUT2D eigenvalue weighted by atomic mass is 9.32. The number of aliphatic carboxylic acids is 1. The van der Waals surface area contributed by atoms with Crippen LogP contribution in [0.1, 0.15) is 184 Å². The van der Waals surface area contributed by atoms with E-state index in [1.54, 1.807) is 0 Å². The molecule has 0 aromatic carbocycles.